The summed E-state index contributed by atoms with van der Waals surface area (Å²) < 4.78 is 13.8. The van der Waals surface area contributed by atoms with E-state index in [9.17, 15) is 4.79 Å². The molecule has 34 heavy (non-hydrogen) atoms. The first-order valence-electron chi connectivity index (χ1n) is 11.6. The van der Waals surface area contributed by atoms with E-state index < -0.39 is 0 Å². The minimum absolute atomic E-state index is 0.317. The molecule has 0 N–H and O–H groups in total. The number of ether oxygens (including phenoxy) is 2. The Kier molecular flexibility index (Phi) is 6.05. The van der Waals surface area contributed by atoms with Crippen molar-refractivity contribution in [3.8, 4) is 16.9 Å². The van der Waals surface area contributed by atoms with Crippen molar-refractivity contribution in [1.29, 1.82) is 0 Å². The van der Waals surface area contributed by atoms with Gasteiger partial charge in [-0.2, -0.15) is 0 Å². The summed E-state index contributed by atoms with van der Waals surface area (Å²) in [5.41, 5.74) is 4.62. The van der Waals surface area contributed by atoms with Crippen LogP contribution in [0.15, 0.2) is 91.0 Å². The molecule has 4 nitrogen and oxygen atoms in total. The number of rotatable bonds is 7. The molecule has 0 spiro atoms. The highest BCUT2D eigenvalue weighted by Crippen LogP contribution is 2.37. The maximum Gasteiger partial charge on any atom is 0.355 e. The zero-order valence-electron chi connectivity index (χ0n) is 19.5. The summed E-state index contributed by atoms with van der Waals surface area (Å²) in [6.07, 6.45) is 0. The largest absolute Gasteiger partial charge is 0.491 e. The predicted octanol–water partition coefficient (Wildman–Crippen LogP) is 7.03. The molecule has 0 saturated heterocycles. The number of aromatic nitrogens is 1. The lowest BCUT2D eigenvalue weighted by Gasteiger charge is -2.14. The molecule has 0 fully saturated rings. The smallest absolute Gasteiger partial charge is 0.355 e. The fourth-order valence-corrected chi connectivity index (χ4v) is 4.64. The highest BCUT2D eigenvalue weighted by molar-refractivity contribution is 6.09. The Bertz CT molecular complexity index is 1480. The molecule has 0 aliphatic heterocycles. The average Bonchev–Trinajstić information content (AvgIpc) is 3.19. The minimum Gasteiger partial charge on any atom is -0.491 e. The van der Waals surface area contributed by atoms with Gasteiger partial charge in [0.15, 0.2) is 0 Å². The Morgan fingerprint density at radius 3 is 2.35 bits per heavy atom. The van der Waals surface area contributed by atoms with Crippen LogP contribution in [-0.2, 0) is 11.3 Å². The molecule has 0 aliphatic rings. The molecular weight excluding hydrogens is 422 g/mol. The second-order valence-electron chi connectivity index (χ2n) is 8.25. The molecule has 5 aromatic rings. The van der Waals surface area contributed by atoms with Crippen molar-refractivity contribution in [2.45, 2.75) is 20.4 Å². The molecule has 5 rings (SSSR count). The van der Waals surface area contributed by atoms with Gasteiger partial charge in [-0.25, -0.2) is 4.79 Å². The first-order valence-corrected chi connectivity index (χ1v) is 11.6. The molecule has 1 heterocycles. The molecular formula is C30H27NO3. The Labute approximate surface area is 199 Å². The van der Waals surface area contributed by atoms with Crippen LogP contribution in [0.5, 0.6) is 5.75 Å². The topological polar surface area (TPSA) is 40.5 Å². The average molecular weight is 450 g/mol. The van der Waals surface area contributed by atoms with Crippen molar-refractivity contribution in [3.05, 3.63) is 102 Å². The number of aryl methyl sites for hydroxylation is 1. The van der Waals surface area contributed by atoms with Gasteiger partial charge in [0.2, 0.25) is 0 Å². The fourth-order valence-electron chi connectivity index (χ4n) is 4.64. The van der Waals surface area contributed by atoms with E-state index in [0.717, 1.165) is 44.1 Å². The number of carbonyl (C=O) groups is 1. The van der Waals surface area contributed by atoms with Crippen molar-refractivity contribution in [2.24, 2.45) is 0 Å². The SMILES string of the molecule is CCOC(=O)c1c(-c2ccccc2C)c2ccccc2n1CCOc1cccc2ccccc12. The van der Waals surface area contributed by atoms with Gasteiger partial charge in [-0.05, 0) is 42.5 Å². The molecule has 4 heteroatoms. The number of hydrogen-bond donors (Lipinski definition) is 0. The third-order valence-corrected chi connectivity index (χ3v) is 6.18. The second-order valence-corrected chi connectivity index (χ2v) is 8.25. The highest BCUT2D eigenvalue weighted by Gasteiger charge is 2.25. The molecule has 0 bridgehead atoms. The van der Waals surface area contributed by atoms with E-state index in [2.05, 4.69) is 49.4 Å². The van der Waals surface area contributed by atoms with Crippen LogP contribution >= 0.6 is 0 Å². The van der Waals surface area contributed by atoms with Gasteiger partial charge in [0, 0.05) is 21.9 Å². The summed E-state index contributed by atoms with van der Waals surface area (Å²) in [7, 11) is 0. The van der Waals surface area contributed by atoms with Crippen molar-refractivity contribution in [3.63, 3.8) is 0 Å². The number of benzene rings is 4. The van der Waals surface area contributed by atoms with Gasteiger partial charge in [0.1, 0.15) is 18.1 Å². The molecule has 0 saturated carbocycles. The van der Waals surface area contributed by atoms with E-state index in [1.165, 1.54) is 0 Å². The summed E-state index contributed by atoms with van der Waals surface area (Å²) in [4.78, 5) is 13.3. The molecule has 0 aliphatic carbocycles. The summed E-state index contributed by atoms with van der Waals surface area (Å²) >= 11 is 0. The summed E-state index contributed by atoms with van der Waals surface area (Å²) in [5.74, 6) is 0.522. The number of esters is 1. The first-order chi connectivity index (χ1) is 16.7. The van der Waals surface area contributed by atoms with E-state index >= 15 is 0 Å². The predicted molar refractivity (Wildman–Crippen MR) is 138 cm³/mol. The fraction of sp³-hybridized carbons (Fsp3) is 0.167. The van der Waals surface area contributed by atoms with Crippen molar-refractivity contribution >= 4 is 27.6 Å². The molecule has 0 radical (unpaired) electrons. The molecule has 170 valence electrons. The summed E-state index contributed by atoms with van der Waals surface area (Å²) in [5, 5.41) is 3.25. The van der Waals surface area contributed by atoms with E-state index in [1.54, 1.807) is 0 Å². The number of fused-ring (bicyclic) bond motifs is 2. The highest BCUT2D eigenvalue weighted by atomic mass is 16.5. The standard InChI is InChI=1S/C30H27NO3/c1-3-33-30(32)29-28(23-14-6-4-11-21(23)2)25-16-8-9-17-26(25)31(29)19-20-34-27-18-10-13-22-12-5-7-15-24(22)27/h4-18H,3,19-20H2,1-2H3. The van der Waals surface area contributed by atoms with E-state index in [1.807, 2.05) is 60.0 Å². The Morgan fingerprint density at radius 1 is 0.824 bits per heavy atom. The van der Waals surface area contributed by atoms with Crippen LogP contribution in [0.4, 0.5) is 0 Å². The number of nitrogens with zero attached hydrogens (tertiary/aromatic N) is 1. The van der Waals surface area contributed by atoms with Gasteiger partial charge in [-0.3, -0.25) is 0 Å². The minimum atomic E-state index is -0.317. The molecule has 0 atom stereocenters. The van der Waals surface area contributed by atoms with Gasteiger partial charge in [-0.15, -0.1) is 0 Å². The van der Waals surface area contributed by atoms with Crippen molar-refractivity contribution in [1.82, 2.24) is 4.57 Å². The van der Waals surface area contributed by atoms with E-state index in [4.69, 9.17) is 9.47 Å². The molecule has 4 aromatic carbocycles. The third kappa shape index (κ3) is 3.92. The lowest BCUT2D eigenvalue weighted by atomic mass is 9.97. The number of para-hydroxylation sites is 1. The van der Waals surface area contributed by atoms with Gasteiger partial charge >= 0.3 is 5.97 Å². The number of carbonyl (C=O) groups excluding carboxylic acids is 1. The maximum atomic E-state index is 13.3. The summed E-state index contributed by atoms with van der Waals surface area (Å²) in [6, 6.07) is 30.5. The lowest BCUT2D eigenvalue weighted by molar-refractivity contribution is 0.0514. The van der Waals surface area contributed by atoms with Gasteiger partial charge in [-0.1, -0.05) is 78.9 Å². The molecule has 0 amide bonds. The van der Waals surface area contributed by atoms with Crippen LogP contribution in [0.2, 0.25) is 0 Å². The number of hydrogen-bond acceptors (Lipinski definition) is 3. The van der Waals surface area contributed by atoms with Crippen molar-refractivity contribution < 1.29 is 14.3 Å². The van der Waals surface area contributed by atoms with Gasteiger partial charge in [0.25, 0.3) is 0 Å². The first kappa shape index (κ1) is 21.8. The second kappa shape index (κ2) is 9.44. The van der Waals surface area contributed by atoms with Crippen LogP contribution in [0.3, 0.4) is 0 Å². The third-order valence-electron chi connectivity index (χ3n) is 6.18. The zero-order chi connectivity index (χ0) is 23.5. The van der Waals surface area contributed by atoms with E-state index in [0.29, 0.717) is 25.5 Å². The van der Waals surface area contributed by atoms with Gasteiger partial charge < -0.3 is 14.0 Å². The summed E-state index contributed by atoms with van der Waals surface area (Å²) in [6.45, 7) is 5.16. The molecule has 1 aromatic heterocycles. The molecule has 0 unspecified atom stereocenters. The lowest BCUT2D eigenvalue weighted by Crippen LogP contribution is -2.17. The Balaban J connectivity index is 1.58. The normalized spacial score (nSPS) is 11.1. The zero-order valence-corrected chi connectivity index (χ0v) is 19.5. The maximum absolute atomic E-state index is 13.3. The van der Waals surface area contributed by atoms with Crippen LogP contribution in [-0.4, -0.2) is 23.8 Å². The van der Waals surface area contributed by atoms with Crippen LogP contribution < -0.4 is 4.74 Å². The van der Waals surface area contributed by atoms with Crippen LogP contribution in [0.25, 0.3) is 32.8 Å². The Morgan fingerprint density at radius 2 is 1.53 bits per heavy atom. The quantitative estimate of drug-likeness (QED) is 0.251. The monoisotopic (exact) mass is 449 g/mol. The van der Waals surface area contributed by atoms with E-state index in [-0.39, 0.29) is 5.97 Å². The van der Waals surface area contributed by atoms with Crippen molar-refractivity contribution in [2.75, 3.05) is 13.2 Å². The Hall–Kier alpha value is -4.05. The van der Waals surface area contributed by atoms with Crippen LogP contribution in [0.1, 0.15) is 23.0 Å². The van der Waals surface area contributed by atoms with Crippen LogP contribution in [0, 0.1) is 6.92 Å². The van der Waals surface area contributed by atoms with Gasteiger partial charge in [0.05, 0.1) is 13.2 Å².